The molecule has 19 heavy (non-hydrogen) atoms. The predicted molar refractivity (Wildman–Crippen MR) is 79.3 cm³/mol. The molecule has 0 aliphatic heterocycles. The smallest absolute Gasteiger partial charge is 0.125 e. The molecular formula is C17H23NO. The van der Waals surface area contributed by atoms with Gasteiger partial charge in [-0.05, 0) is 35.6 Å². The molecule has 2 unspecified atom stereocenters. The van der Waals surface area contributed by atoms with Gasteiger partial charge in [-0.15, -0.1) is 0 Å². The van der Waals surface area contributed by atoms with Crippen LogP contribution in [0.3, 0.4) is 0 Å². The highest BCUT2D eigenvalue weighted by Crippen LogP contribution is 2.25. The second-order valence-electron chi connectivity index (χ2n) is 5.11. The van der Waals surface area contributed by atoms with Crippen molar-refractivity contribution >= 4 is 0 Å². The zero-order chi connectivity index (χ0) is 13.8. The van der Waals surface area contributed by atoms with Crippen LogP contribution in [0.4, 0.5) is 0 Å². The maximum atomic E-state index is 6.25. The summed E-state index contributed by atoms with van der Waals surface area (Å²) in [6.45, 7) is 6.53. The van der Waals surface area contributed by atoms with Gasteiger partial charge in [0.1, 0.15) is 11.5 Å². The van der Waals surface area contributed by atoms with E-state index in [0.717, 1.165) is 29.9 Å². The van der Waals surface area contributed by atoms with Gasteiger partial charge in [-0.3, -0.25) is 0 Å². The second-order valence-corrected chi connectivity index (χ2v) is 5.11. The van der Waals surface area contributed by atoms with Gasteiger partial charge in [-0.25, -0.2) is 0 Å². The second kappa shape index (κ2) is 6.07. The zero-order valence-corrected chi connectivity index (χ0v) is 12.0. The van der Waals surface area contributed by atoms with Crippen LogP contribution in [0.15, 0.2) is 40.8 Å². The molecule has 2 rings (SSSR count). The SMILES string of the molecule is CCc1ccc(C(N)c2ccc(C(C)CC)cc2)o1. The molecule has 2 N–H and O–H groups in total. The summed E-state index contributed by atoms with van der Waals surface area (Å²) in [5, 5.41) is 0. The van der Waals surface area contributed by atoms with Crippen LogP contribution in [-0.4, -0.2) is 0 Å². The van der Waals surface area contributed by atoms with E-state index < -0.39 is 0 Å². The van der Waals surface area contributed by atoms with Crippen LogP contribution in [0.25, 0.3) is 0 Å². The molecule has 0 aliphatic carbocycles. The van der Waals surface area contributed by atoms with Crippen molar-refractivity contribution in [2.24, 2.45) is 5.73 Å². The molecule has 0 spiro atoms. The van der Waals surface area contributed by atoms with Gasteiger partial charge >= 0.3 is 0 Å². The maximum Gasteiger partial charge on any atom is 0.125 e. The molecule has 1 aromatic heterocycles. The number of hydrogen-bond donors (Lipinski definition) is 1. The summed E-state index contributed by atoms with van der Waals surface area (Å²) in [5.74, 6) is 2.43. The van der Waals surface area contributed by atoms with E-state index in [4.69, 9.17) is 10.2 Å². The Labute approximate surface area is 115 Å². The molecule has 0 bridgehead atoms. The number of furan rings is 1. The van der Waals surface area contributed by atoms with Crippen molar-refractivity contribution in [3.05, 3.63) is 59.0 Å². The predicted octanol–water partition coefficient (Wildman–Crippen LogP) is 4.40. The van der Waals surface area contributed by atoms with Crippen LogP contribution < -0.4 is 5.73 Å². The van der Waals surface area contributed by atoms with Crippen molar-refractivity contribution in [2.45, 2.75) is 45.6 Å². The first kappa shape index (κ1) is 13.9. The van der Waals surface area contributed by atoms with E-state index in [1.165, 1.54) is 5.56 Å². The highest BCUT2D eigenvalue weighted by molar-refractivity contribution is 5.31. The number of aryl methyl sites for hydroxylation is 1. The largest absolute Gasteiger partial charge is 0.464 e. The number of nitrogens with two attached hydrogens (primary N) is 1. The minimum Gasteiger partial charge on any atom is -0.464 e. The molecular weight excluding hydrogens is 234 g/mol. The van der Waals surface area contributed by atoms with Gasteiger partial charge in [-0.1, -0.05) is 45.0 Å². The van der Waals surface area contributed by atoms with E-state index in [0.29, 0.717) is 5.92 Å². The van der Waals surface area contributed by atoms with Crippen LogP contribution in [-0.2, 0) is 6.42 Å². The first-order valence-electron chi connectivity index (χ1n) is 7.09. The van der Waals surface area contributed by atoms with E-state index in [-0.39, 0.29) is 6.04 Å². The van der Waals surface area contributed by atoms with Crippen LogP contribution in [0, 0.1) is 0 Å². The molecule has 2 heteroatoms. The maximum absolute atomic E-state index is 6.25. The lowest BCUT2D eigenvalue weighted by Gasteiger charge is -2.13. The molecule has 2 nitrogen and oxygen atoms in total. The van der Waals surface area contributed by atoms with Crippen molar-refractivity contribution in [3.8, 4) is 0 Å². The summed E-state index contributed by atoms with van der Waals surface area (Å²) < 4.78 is 5.72. The first-order chi connectivity index (χ1) is 9.15. The van der Waals surface area contributed by atoms with Gasteiger partial charge in [0.2, 0.25) is 0 Å². The number of hydrogen-bond acceptors (Lipinski definition) is 2. The van der Waals surface area contributed by atoms with E-state index in [2.05, 4.69) is 45.0 Å². The minimum absolute atomic E-state index is 0.175. The molecule has 0 radical (unpaired) electrons. The lowest BCUT2D eigenvalue weighted by Crippen LogP contribution is -2.11. The number of benzene rings is 1. The summed E-state index contributed by atoms with van der Waals surface area (Å²) >= 11 is 0. The Kier molecular flexibility index (Phi) is 4.43. The van der Waals surface area contributed by atoms with E-state index in [1.807, 2.05) is 12.1 Å². The Morgan fingerprint density at radius 3 is 2.16 bits per heavy atom. The third-order valence-electron chi connectivity index (χ3n) is 3.81. The highest BCUT2D eigenvalue weighted by atomic mass is 16.3. The van der Waals surface area contributed by atoms with Gasteiger partial charge < -0.3 is 10.2 Å². The summed E-state index contributed by atoms with van der Waals surface area (Å²) in [7, 11) is 0. The lowest BCUT2D eigenvalue weighted by atomic mass is 9.96. The standard InChI is InChI=1S/C17H23NO/c1-4-12(3)13-6-8-14(9-7-13)17(18)16-11-10-15(5-2)19-16/h6-12,17H,4-5,18H2,1-3H3. The van der Waals surface area contributed by atoms with Crippen molar-refractivity contribution in [1.82, 2.24) is 0 Å². The first-order valence-corrected chi connectivity index (χ1v) is 7.09. The minimum atomic E-state index is -0.175. The monoisotopic (exact) mass is 257 g/mol. The van der Waals surface area contributed by atoms with E-state index in [1.54, 1.807) is 0 Å². The normalized spacial score (nSPS) is 14.3. The molecule has 1 heterocycles. The Morgan fingerprint density at radius 1 is 1.00 bits per heavy atom. The molecule has 0 amide bonds. The molecule has 2 atom stereocenters. The summed E-state index contributed by atoms with van der Waals surface area (Å²) in [5.41, 5.74) is 8.72. The van der Waals surface area contributed by atoms with E-state index >= 15 is 0 Å². The van der Waals surface area contributed by atoms with Gasteiger partial charge in [-0.2, -0.15) is 0 Å². The van der Waals surface area contributed by atoms with Crippen LogP contribution >= 0.6 is 0 Å². The highest BCUT2D eigenvalue weighted by Gasteiger charge is 2.13. The third kappa shape index (κ3) is 3.07. The fourth-order valence-electron chi connectivity index (χ4n) is 2.18. The molecule has 0 aliphatic rings. The molecule has 0 saturated carbocycles. The fraction of sp³-hybridized carbons (Fsp3) is 0.412. The van der Waals surface area contributed by atoms with Crippen molar-refractivity contribution in [2.75, 3.05) is 0 Å². The van der Waals surface area contributed by atoms with Gasteiger partial charge in [0.25, 0.3) is 0 Å². The Balaban J connectivity index is 2.17. The molecule has 2 aromatic rings. The van der Waals surface area contributed by atoms with Crippen LogP contribution in [0.1, 0.15) is 61.8 Å². The van der Waals surface area contributed by atoms with Crippen molar-refractivity contribution in [1.29, 1.82) is 0 Å². The van der Waals surface area contributed by atoms with Crippen molar-refractivity contribution in [3.63, 3.8) is 0 Å². The molecule has 102 valence electrons. The third-order valence-corrected chi connectivity index (χ3v) is 3.81. The lowest BCUT2D eigenvalue weighted by molar-refractivity contribution is 0.454. The van der Waals surface area contributed by atoms with Gasteiger partial charge in [0, 0.05) is 6.42 Å². The molecule has 0 fully saturated rings. The summed E-state index contributed by atoms with van der Waals surface area (Å²) in [4.78, 5) is 0. The Morgan fingerprint density at radius 2 is 1.63 bits per heavy atom. The summed E-state index contributed by atoms with van der Waals surface area (Å²) in [6.07, 6.45) is 2.06. The topological polar surface area (TPSA) is 39.2 Å². The average molecular weight is 257 g/mol. The summed E-state index contributed by atoms with van der Waals surface area (Å²) in [6, 6.07) is 12.4. The average Bonchev–Trinajstić information content (AvgIpc) is 2.94. The van der Waals surface area contributed by atoms with Crippen LogP contribution in [0.5, 0.6) is 0 Å². The van der Waals surface area contributed by atoms with Crippen LogP contribution in [0.2, 0.25) is 0 Å². The van der Waals surface area contributed by atoms with E-state index in [9.17, 15) is 0 Å². The fourth-order valence-corrected chi connectivity index (χ4v) is 2.18. The number of rotatable bonds is 5. The quantitative estimate of drug-likeness (QED) is 0.862. The zero-order valence-electron chi connectivity index (χ0n) is 12.0. The molecule has 0 saturated heterocycles. The van der Waals surface area contributed by atoms with Gasteiger partial charge in [0.15, 0.2) is 0 Å². The van der Waals surface area contributed by atoms with Crippen molar-refractivity contribution < 1.29 is 4.42 Å². The Hall–Kier alpha value is -1.54. The Bertz CT molecular complexity index is 512. The van der Waals surface area contributed by atoms with Gasteiger partial charge in [0.05, 0.1) is 6.04 Å². The molecule has 1 aromatic carbocycles.